The molecule has 1 aliphatic carbocycles. The minimum Gasteiger partial charge on any atom is -0.367 e. The van der Waals surface area contributed by atoms with E-state index in [0.29, 0.717) is 11.8 Å². The molecule has 2 fully saturated rings. The lowest BCUT2D eigenvalue weighted by molar-refractivity contribution is -0.132. The molecule has 0 N–H and O–H groups in total. The van der Waals surface area contributed by atoms with Crippen LogP contribution in [0.4, 0.5) is 5.69 Å². The van der Waals surface area contributed by atoms with Crippen molar-refractivity contribution in [1.82, 2.24) is 4.90 Å². The maximum absolute atomic E-state index is 12.3. The highest BCUT2D eigenvalue weighted by Gasteiger charge is 2.25. The van der Waals surface area contributed by atoms with Gasteiger partial charge < -0.3 is 9.80 Å². The van der Waals surface area contributed by atoms with Gasteiger partial charge in [0, 0.05) is 32.6 Å². The molecule has 1 aromatic rings. The molecule has 3 nitrogen and oxygen atoms in total. The number of para-hydroxylation sites is 1. The second-order valence-electron chi connectivity index (χ2n) is 6.17. The SMILES string of the molecule is O=C(CC1CCCC1)N1CCN(c2ccccc2Cl)CC1. The average molecular weight is 307 g/mol. The third kappa shape index (κ3) is 3.52. The number of amides is 1. The minimum absolute atomic E-state index is 0.348. The summed E-state index contributed by atoms with van der Waals surface area (Å²) in [6.45, 7) is 3.38. The first-order valence-corrected chi connectivity index (χ1v) is 8.39. The van der Waals surface area contributed by atoms with Gasteiger partial charge in [0.2, 0.25) is 5.91 Å². The number of rotatable bonds is 3. The number of benzene rings is 1. The van der Waals surface area contributed by atoms with E-state index in [1.807, 2.05) is 23.1 Å². The first-order valence-electron chi connectivity index (χ1n) is 8.01. The van der Waals surface area contributed by atoms with E-state index in [9.17, 15) is 4.79 Å². The van der Waals surface area contributed by atoms with Crippen LogP contribution in [0.25, 0.3) is 0 Å². The van der Waals surface area contributed by atoms with E-state index >= 15 is 0 Å². The Balaban J connectivity index is 1.52. The van der Waals surface area contributed by atoms with Crippen LogP contribution in [0.5, 0.6) is 0 Å². The molecule has 2 aliphatic rings. The van der Waals surface area contributed by atoms with E-state index in [2.05, 4.69) is 11.0 Å². The molecule has 0 aromatic heterocycles. The van der Waals surface area contributed by atoms with Crippen molar-refractivity contribution in [3.8, 4) is 0 Å². The van der Waals surface area contributed by atoms with Gasteiger partial charge in [-0.3, -0.25) is 4.79 Å². The van der Waals surface area contributed by atoms with E-state index in [0.717, 1.165) is 43.3 Å². The highest BCUT2D eigenvalue weighted by Crippen LogP contribution is 2.29. The van der Waals surface area contributed by atoms with Crippen LogP contribution >= 0.6 is 11.6 Å². The van der Waals surface area contributed by atoms with E-state index in [1.165, 1.54) is 25.7 Å². The maximum Gasteiger partial charge on any atom is 0.222 e. The lowest BCUT2D eigenvalue weighted by Gasteiger charge is -2.36. The molecule has 1 heterocycles. The predicted octanol–water partition coefficient (Wildman–Crippen LogP) is 3.57. The molecule has 0 spiro atoms. The van der Waals surface area contributed by atoms with Gasteiger partial charge >= 0.3 is 0 Å². The molecule has 1 saturated carbocycles. The molecule has 3 rings (SSSR count). The molecular weight excluding hydrogens is 284 g/mol. The Morgan fingerprint density at radius 2 is 1.76 bits per heavy atom. The number of carbonyl (C=O) groups is 1. The number of carbonyl (C=O) groups excluding carboxylic acids is 1. The summed E-state index contributed by atoms with van der Waals surface area (Å²) in [4.78, 5) is 16.7. The monoisotopic (exact) mass is 306 g/mol. The highest BCUT2D eigenvalue weighted by molar-refractivity contribution is 6.33. The van der Waals surface area contributed by atoms with Crippen LogP contribution in [0.2, 0.25) is 5.02 Å². The van der Waals surface area contributed by atoms with Gasteiger partial charge in [-0.05, 0) is 30.9 Å². The van der Waals surface area contributed by atoms with Crippen LogP contribution in [0, 0.1) is 5.92 Å². The summed E-state index contributed by atoms with van der Waals surface area (Å²) >= 11 is 6.25. The quantitative estimate of drug-likeness (QED) is 0.852. The van der Waals surface area contributed by atoms with Crippen LogP contribution in [-0.4, -0.2) is 37.0 Å². The first kappa shape index (κ1) is 14.7. The molecule has 21 heavy (non-hydrogen) atoms. The van der Waals surface area contributed by atoms with Crippen molar-refractivity contribution < 1.29 is 4.79 Å². The van der Waals surface area contributed by atoms with Gasteiger partial charge in [-0.2, -0.15) is 0 Å². The lowest BCUT2D eigenvalue weighted by atomic mass is 10.0. The smallest absolute Gasteiger partial charge is 0.222 e. The second kappa shape index (κ2) is 6.69. The van der Waals surface area contributed by atoms with E-state index in [-0.39, 0.29) is 0 Å². The molecule has 1 aliphatic heterocycles. The number of hydrogen-bond donors (Lipinski definition) is 0. The highest BCUT2D eigenvalue weighted by atomic mass is 35.5. The molecule has 114 valence electrons. The van der Waals surface area contributed by atoms with Gasteiger partial charge in [0.05, 0.1) is 10.7 Å². The Labute approximate surface area is 131 Å². The summed E-state index contributed by atoms with van der Waals surface area (Å²) in [5, 5.41) is 0.795. The fourth-order valence-corrected chi connectivity index (χ4v) is 3.75. The number of halogens is 1. The van der Waals surface area contributed by atoms with Gasteiger partial charge in [0.15, 0.2) is 0 Å². The van der Waals surface area contributed by atoms with Gasteiger partial charge in [0.25, 0.3) is 0 Å². The van der Waals surface area contributed by atoms with Gasteiger partial charge in [-0.1, -0.05) is 36.6 Å². The molecule has 0 bridgehead atoms. The van der Waals surface area contributed by atoms with Crippen LogP contribution in [0.3, 0.4) is 0 Å². The van der Waals surface area contributed by atoms with Crippen molar-refractivity contribution in [2.24, 2.45) is 5.92 Å². The average Bonchev–Trinajstić information content (AvgIpc) is 3.01. The summed E-state index contributed by atoms with van der Waals surface area (Å²) in [7, 11) is 0. The molecule has 0 unspecified atom stereocenters. The summed E-state index contributed by atoms with van der Waals surface area (Å²) in [6, 6.07) is 7.94. The summed E-state index contributed by atoms with van der Waals surface area (Å²) < 4.78 is 0. The topological polar surface area (TPSA) is 23.6 Å². The fraction of sp³-hybridized carbons (Fsp3) is 0.588. The summed E-state index contributed by atoms with van der Waals surface area (Å²) in [5.41, 5.74) is 1.09. The van der Waals surface area contributed by atoms with E-state index < -0.39 is 0 Å². The van der Waals surface area contributed by atoms with E-state index in [1.54, 1.807) is 0 Å². The molecule has 0 atom stereocenters. The second-order valence-corrected chi connectivity index (χ2v) is 6.58. The normalized spacial score (nSPS) is 20.0. The third-order valence-corrected chi connectivity index (χ3v) is 5.08. The summed E-state index contributed by atoms with van der Waals surface area (Å²) in [5.74, 6) is 0.986. The number of nitrogens with zero attached hydrogens (tertiary/aromatic N) is 2. The first-order chi connectivity index (χ1) is 10.2. The van der Waals surface area contributed by atoms with Gasteiger partial charge in [0.1, 0.15) is 0 Å². The molecule has 1 saturated heterocycles. The molecule has 1 aromatic carbocycles. The number of piperazine rings is 1. The Kier molecular flexibility index (Phi) is 4.69. The van der Waals surface area contributed by atoms with Crippen molar-refractivity contribution in [1.29, 1.82) is 0 Å². The number of anilines is 1. The molecular formula is C17H23ClN2O. The third-order valence-electron chi connectivity index (χ3n) is 4.76. The van der Waals surface area contributed by atoms with Crippen LogP contribution < -0.4 is 4.90 Å². The Morgan fingerprint density at radius 3 is 2.43 bits per heavy atom. The van der Waals surface area contributed by atoms with Crippen molar-refractivity contribution in [3.63, 3.8) is 0 Å². The Hall–Kier alpha value is -1.22. The zero-order chi connectivity index (χ0) is 14.7. The van der Waals surface area contributed by atoms with Crippen LogP contribution in [-0.2, 0) is 4.79 Å². The van der Waals surface area contributed by atoms with Crippen molar-refractivity contribution in [3.05, 3.63) is 29.3 Å². The molecule has 0 radical (unpaired) electrons. The Morgan fingerprint density at radius 1 is 1.10 bits per heavy atom. The Bertz CT molecular complexity index is 491. The predicted molar refractivity (Wildman–Crippen MR) is 86.8 cm³/mol. The van der Waals surface area contributed by atoms with Gasteiger partial charge in [-0.15, -0.1) is 0 Å². The lowest BCUT2D eigenvalue weighted by Crippen LogP contribution is -2.49. The van der Waals surface area contributed by atoms with Crippen LogP contribution in [0.1, 0.15) is 32.1 Å². The minimum atomic E-state index is 0.348. The largest absolute Gasteiger partial charge is 0.367 e. The zero-order valence-electron chi connectivity index (χ0n) is 12.4. The van der Waals surface area contributed by atoms with Gasteiger partial charge in [-0.25, -0.2) is 0 Å². The van der Waals surface area contributed by atoms with Crippen LogP contribution in [0.15, 0.2) is 24.3 Å². The van der Waals surface area contributed by atoms with Crippen molar-refractivity contribution in [2.45, 2.75) is 32.1 Å². The zero-order valence-corrected chi connectivity index (χ0v) is 13.2. The van der Waals surface area contributed by atoms with Crippen molar-refractivity contribution in [2.75, 3.05) is 31.1 Å². The van der Waals surface area contributed by atoms with Crippen molar-refractivity contribution >= 4 is 23.2 Å². The van der Waals surface area contributed by atoms with E-state index in [4.69, 9.17) is 11.6 Å². The fourth-order valence-electron chi connectivity index (χ4n) is 3.50. The number of hydrogen-bond acceptors (Lipinski definition) is 2. The molecule has 4 heteroatoms. The summed E-state index contributed by atoms with van der Waals surface area (Å²) in [6.07, 6.45) is 5.85. The standard InChI is InChI=1S/C17H23ClN2O/c18-15-7-3-4-8-16(15)19-9-11-20(12-10-19)17(21)13-14-5-1-2-6-14/h3-4,7-8,14H,1-2,5-6,9-13H2. The maximum atomic E-state index is 12.3. The molecule has 1 amide bonds.